The lowest BCUT2D eigenvalue weighted by atomic mass is 9.97. The van der Waals surface area contributed by atoms with E-state index in [0.717, 1.165) is 0 Å². The van der Waals surface area contributed by atoms with Crippen molar-refractivity contribution in [1.29, 1.82) is 0 Å². The van der Waals surface area contributed by atoms with Crippen LogP contribution in [0, 0.1) is 11.8 Å². The number of rotatable bonds is 10. The molecule has 27 heavy (non-hydrogen) atoms. The zero-order valence-corrected chi connectivity index (χ0v) is 18.2. The van der Waals surface area contributed by atoms with Gasteiger partial charge in [0, 0.05) is 24.9 Å². The number of amides is 2. The van der Waals surface area contributed by atoms with Crippen molar-refractivity contribution in [2.24, 2.45) is 11.8 Å². The number of esters is 1. The maximum absolute atomic E-state index is 12.3. The second-order valence-corrected chi connectivity index (χ2v) is 8.57. The van der Waals surface area contributed by atoms with Crippen molar-refractivity contribution in [2.45, 2.75) is 91.8 Å². The maximum atomic E-state index is 12.3. The first-order valence-electron chi connectivity index (χ1n) is 9.71. The molecule has 2 amide bonds. The van der Waals surface area contributed by atoms with Gasteiger partial charge in [-0.25, -0.2) is 4.79 Å². The molecule has 158 valence electrons. The van der Waals surface area contributed by atoms with Crippen molar-refractivity contribution in [3.8, 4) is 0 Å². The van der Waals surface area contributed by atoms with Crippen LogP contribution >= 0.6 is 0 Å². The minimum Gasteiger partial charge on any atom is -0.469 e. The third kappa shape index (κ3) is 12.3. The summed E-state index contributed by atoms with van der Waals surface area (Å²) in [7, 11) is 1.36. The topological polar surface area (TPSA) is 93.7 Å². The molecule has 2 N–H and O–H groups in total. The minimum absolute atomic E-state index is 0.0878. The van der Waals surface area contributed by atoms with Gasteiger partial charge in [-0.15, -0.1) is 0 Å². The zero-order chi connectivity index (χ0) is 21.2. The first-order valence-corrected chi connectivity index (χ1v) is 9.71. The highest BCUT2D eigenvalue weighted by molar-refractivity contribution is 5.76. The van der Waals surface area contributed by atoms with E-state index in [1.165, 1.54) is 7.11 Å². The molecule has 0 bridgehead atoms. The maximum Gasteiger partial charge on any atom is 0.407 e. The molecule has 0 aliphatic carbocycles. The molecule has 2 atom stereocenters. The molecule has 0 aromatic rings. The van der Waals surface area contributed by atoms with Crippen LogP contribution in [0.15, 0.2) is 0 Å². The molecular weight excluding hydrogens is 348 g/mol. The summed E-state index contributed by atoms with van der Waals surface area (Å²) in [5, 5.41) is 5.84. The summed E-state index contributed by atoms with van der Waals surface area (Å²) < 4.78 is 9.95. The van der Waals surface area contributed by atoms with Crippen LogP contribution in [0.5, 0.6) is 0 Å². The summed E-state index contributed by atoms with van der Waals surface area (Å²) in [6, 6.07) is -0.244. The minimum atomic E-state index is -0.562. The lowest BCUT2D eigenvalue weighted by molar-refractivity contribution is -0.141. The van der Waals surface area contributed by atoms with E-state index >= 15 is 0 Å². The molecule has 0 heterocycles. The molecule has 0 fully saturated rings. The van der Waals surface area contributed by atoms with Gasteiger partial charge in [-0.3, -0.25) is 9.59 Å². The lowest BCUT2D eigenvalue weighted by Crippen LogP contribution is -2.43. The van der Waals surface area contributed by atoms with Gasteiger partial charge in [0.1, 0.15) is 5.60 Å². The quantitative estimate of drug-likeness (QED) is 0.561. The van der Waals surface area contributed by atoms with E-state index in [1.807, 2.05) is 48.5 Å². The molecule has 0 aromatic heterocycles. The summed E-state index contributed by atoms with van der Waals surface area (Å²) in [4.78, 5) is 35.7. The Morgan fingerprint density at radius 1 is 0.852 bits per heavy atom. The molecule has 0 rings (SSSR count). The second-order valence-electron chi connectivity index (χ2n) is 8.57. The molecule has 0 aliphatic rings. The Morgan fingerprint density at radius 2 is 1.33 bits per heavy atom. The largest absolute Gasteiger partial charge is 0.469 e. The zero-order valence-electron chi connectivity index (χ0n) is 18.2. The molecule has 0 aliphatic heterocycles. The highest BCUT2D eigenvalue weighted by Gasteiger charge is 2.23. The van der Waals surface area contributed by atoms with E-state index in [0.29, 0.717) is 19.3 Å². The normalized spacial score (nSPS) is 13.9. The molecular formula is C20H38N2O5. The number of ether oxygens (including phenoxy) is 2. The third-order valence-electron chi connectivity index (χ3n) is 4.23. The Labute approximate surface area is 163 Å². The van der Waals surface area contributed by atoms with Gasteiger partial charge in [0.2, 0.25) is 5.91 Å². The van der Waals surface area contributed by atoms with Gasteiger partial charge in [0.05, 0.1) is 7.11 Å². The van der Waals surface area contributed by atoms with Crippen LogP contribution < -0.4 is 10.6 Å². The van der Waals surface area contributed by atoms with Gasteiger partial charge in [0.25, 0.3) is 0 Å². The number of carbonyl (C=O) groups is 3. The molecule has 0 saturated heterocycles. The smallest absolute Gasteiger partial charge is 0.407 e. The molecule has 0 saturated carbocycles. The first kappa shape index (κ1) is 25.2. The highest BCUT2D eigenvalue weighted by Crippen LogP contribution is 2.13. The van der Waals surface area contributed by atoms with Gasteiger partial charge in [-0.1, -0.05) is 27.7 Å². The van der Waals surface area contributed by atoms with Crippen molar-refractivity contribution in [3.05, 3.63) is 0 Å². The van der Waals surface area contributed by atoms with Gasteiger partial charge in [-0.2, -0.15) is 0 Å². The summed E-state index contributed by atoms with van der Waals surface area (Å²) >= 11 is 0. The fraction of sp³-hybridized carbons (Fsp3) is 0.850. The van der Waals surface area contributed by atoms with Crippen LogP contribution in [0.3, 0.4) is 0 Å². The molecule has 7 heteroatoms. The monoisotopic (exact) mass is 386 g/mol. The van der Waals surface area contributed by atoms with Gasteiger partial charge in [-0.05, 0) is 45.4 Å². The summed E-state index contributed by atoms with van der Waals surface area (Å²) in [5.74, 6) is 0.0106. The standard InChI is InChI=1S/C20H38N2O5/c1-13(2)15(10-12-18(24)26-8)21-17(23)11-9-16(14(3)4)22-19(25)27-20(5,6)7/h13-16H,9-12H2,1-8H3,(H,21,23)(H,22,25)/t15-,16-/m1/s1. The average molecular weight is 387 g/mol. The number of alkyl carbamates (subject to hydrolysis) is 1. The molecule has 0 spiro atoms. The van der Waals surface area contributed by atoms with Crippen LogP contribution in [-0.2, 0) is 19.1 Å². The Hall–Kier alpha value is -1.79. The molecule has 0 aromatic carbocycles. The Morgan fingerprint density at radius 3 is 1.78 bits per heavy atom. The van der Waals surface area contributed by atoms with Crippen molar-refractivity contribution < 1.29 is 23.9 Å². The molecule has 0 radical (unpaired) electrons. The third-order valence-corrected chi connectivity index (χ3v) is 4.23. The van der Waals surface area contributed by atoms with Crippen LogP contribution in [0.25, 0.3) is 0 Å². The van der Waals surface area contributed by atoms with Crippen molar-refractivity contribution >= 4 is 18.0 Å². The Kier molecular flexibility index (Phi) is 11.0. The Balaban J connectivity index is 4.58. The van der Waals surface area contributed by atoms with Crippen molar-refractivity contribution in [2.75, 3.05) is 7.11 Å². The average Bonchev–Trinajstić information content (AvgIpc) is 2.52. The van der Waals surface area contributed by atoms with E-state index in [1.54, 1.807) is 0 Å². The predicted molar refractivity (Wildman–Crippen MR) is 105 cm³/mol. The van der Waals surface area contributed by atoms with Crippen LogP contribution in [0.2, 0.25) is 0 Å². The van der Waals surface area contributed by atoms with Crippen LogP contribution in [-0.4, -0.2) is 42.8 Å². The number of hydrogen-bond acceptors (Lipinski definition) is 5. The van der Waals surface area contributed by atoms with Crippen LogP contribution in [0.4, 0.5) is 4.79 Å². The number of hydrogen-bond donors (Lipinski definition) is 2. The molecule has 7 nitrogen and oxygen atoms in total. The summed E-state index contributed by atoms with van der Waals surface area (Å²) in [6.07, 6.45) is 1.15. The van der Waals surface area contributed by atoms with Gasteiger partial charge >= 0.3 is 12.1 Å². The van der Waals surface area contributed by atoms with Crippen molar-refractivity contribution in [3.63, 3.8) is 0 Å². The number of nitrogens with one attached hydrogen (secondary N) is 2. The van der Waals surface area contributed by atoms with E-state index in [2.05, 4.69) is 15.4 Å². The second kappa shape index (κ2) is 11.8. The fourth-order valence-corrected chi connectivity index (χ4v) is 2.54. The van der Waals surface area contributed by atoms with E-state index < -0.39 is 11.7 Å². The van der Waals surface area contributed by atoms with E-state index in [-0.39, 0.29) is 42.2 Å². The highest BCUT2D eigenvalue weighted by atomic mass is 16.6. The van der Waals surface area contributed by atoms with Gasteiger partial charge in [0.15, 0.2) is 0 Å². The lowest BCUT2D eigenvalue weighted by Gasteiger charge is -2.26. The number of methoxy groups -OCH3 is 1. The van der Waals surface area contributed by atoms with E-state index in [9.17, 15) is 14.4 Å². The summed E-state index contributed by atoms with van der Waals surface area (Å²) in [5.41, 5.74) is -0.562. The Bertz CT molecular complexity index is 483. The summed E-state index contributed by atoms with van der Waals surface area (Å²) in [6.45, 7) is 13.4. The molecule has 0 unspecified atom stereocenters. The number of carbonyl (C=O) groups excluding carboxylic acids is 3. The predicted octanol–water partition coefficient (Wildman–Crippen LogP) is 3.41. The van der Waals surface area contributed by atoms with E-state index in [4.69, 9.17) is 4.74 Å². The first-order chi connectivity index (χ1) is 12.4. The van der Waals surface area contributed by atoms with Gasteiger partial charge < -0.3 is 20.1 Å². The SMILES string of the molecule is COC(=O)CC[C@@H](NC(=O)CC[C@@H](NC(=O)OC(C)(C)C)C(C)C)C(C)C. The van der Waals surface area contributed by atoms with Crippen molar-refractivity contribution in [1.82, 2.24) is 10.6 Å². The fourth-order valence-electron chi connectivity index (χ4n) is 2.54. The van der Waals surface area contributed by atoms with Crippen LogP contribution in [0.1, 0.15) is 74.1 Å².